The van der Waals surface area contributed by atoms with Crippen LogP contribution in [0.5, 0.6) is 0 Å². The summed E-state index contributed by atoms with van der Waals surface area (Å²) in [6.45, 7) is 6.90. The number of hydrogen-bond acceptors (Lipinski definition) is 5. The maximum Gasteiger partial charge on any atom is 0.147 e. The van der Waals surface area contributed by atoms with Gasteiger partial charge in [0.1, 0.15) is 12.0 Å². The average Bonchev–Trinajstić information content (AvgIpc) is 2.99. The predicted molar refractivity (Wildman–Crippen MR) is 76.1 cm³/mol. The van der Waals surface area contributed by atoms with Gasteiger partial charge in [0.15, 0.2) is 0 Å². The van der Waals surface area contributed by atoms with Gasteiger partial charge in [-0.1, -0.05) is 19.0 Å². The summed E-state index contributed by atoms with van der Waals surface area (Å²) < 4.78 is 5.00. The summed E-state index contributed by atoms with van der Waals surface area (Å²) in [6.07, 6.45) is 3.16. The summed E-state index contributed by atoms with van der Waals surface area (Å²) in [5.41, 5.74) is 0.817. The number of aldehydes is 1. The van der Waals surface area contributed by atoms with E-state index in [9.17, 15) is 4.79 Å². The fourth-order valence-electron chi connectivity index (χ4n) is 2.17. The van der Waals surface area contributed by atoms with Crippen LogP contribution < -0.4 is 0 Å². The third kappa shape index (κ3) is 4.46. The van der Waals surface area contributed by atoms with Gasteiger partial charge in [0, 0.05) is 6.07 Å². The molecule has 2 atom stereocenters. The van der Waals surface area contributed by atoms with Crippen LogP contribution in [0.4, 0.5) is 0 Å². The summed E-state index contributed by atoms with van der Waals surface area (Å²) in [6, 6.07) is 4.25. The highest BCUT2D eigenvalue weighted by molar-refractivity contribution is 5.60. The molecule has 1 saturated heterocycles. The van der Waals surface area contributed by atoms with Crippen molar-refractivity contribution >= 4 is 6.29 Å². The minimum Gasteiger partial charge on any atom is -0.360 e. The summed E-state index contributed by atoms with van der Waals surface area (Å²) in [7, 11) is 2.00. The fraction of sp³-hybridized carbons (Fsp3) is 0.667. The second-order valence-electron chi connectivity index (χ2n) is 5.54. The molecule has 110 valence electrons. The van der Waals surface area contributed by atoms with E-state index in [-0.39, 0.29) is 17.9 Å². The van der Waals surface area contributed by atoms with Crippen molar-refractivity contribution in [1.29, 1.82) is 5.26 Å². The molecule has 1 aliphatic rings. The lowest BCUT2D eigenvalue weighted by Gasteiger charge is -2.09. The molecule has 2 heterocycles. The second-order valence-corrected chi connectivity index (χ2v) is 5.54. The Balaban J connectivity index is 0.000000217. The van der Waals surface area contributed by atoms with Gasteiger partial charge in [-0.05, 0) is 39.3 Å². The van der Waals surface area contributed by atoms with Crippen LogP contribution in [0.1, 0.15) is 44.1 Å². The minimum absolute atomic E-state index is 0.161. The summed E-state index contributed by atoms with van der Waals surface area (Å²) in [5, 5.41) is 12.2. The van der Waals surface area contributed by atoms with Crippen molar-refractivity contribution in [2.45, 2.75) is 45.6 Å². The molecule has 1 aromatic heterocycles. The van der Waals surface area contributed by atoms with E-state index in [0.717, 1.165) is 24.9 Å². The molecule has 0 N–H and O–H groups in total. The number of nitrogens with zero attached hydrogens (tertiary/aromatic N) is 3. The van der Waals surface area contributed by atoms with Gasteiger partial charge in [-0.3, -0.25) is 4.90 Å². The van der Waals surface area contributed by atoms with Crippen LogP contribution in [0.2, 0.25) is 0 Å². The number of hydrogen-bond donors (Lipinski definition) is 0. The molecule has 0 bridgehead atoms. The maximum atomic E-state index is 10.7. The highest BCUT2D eigenvalue weighted by Gasteiger charge is 2.19. The van der Waals surface area contributed by atoms with Gasteiger partial charge in [-0.15, -0.1) is 0 Å². The van der Waals surface area contributed by atoms with Crippen LogP contribution in [0.25, 0.3) is 0 Å². The van der Waals surface area contributed by atoms with E-state index < -0.39 is 0 Å². The monoisotopic (exact) mass is 277 g/mol. The quantitative estimate of drug-likeness (QED) is 0.794. The number of carbonyl (C=O) groups excluding carboxylic acids is 1. The molecule has 5 heteroatoms. The van der Waals surface area contributed by atoms with Gasteiger partial charge in [-0.2, -0.15) is 5.26 Å². The SMILES string of the molecule is CN1CCCC1C#N.Cc1cc(C(C=O)C(C)C)on1. The Kier molecular flexibility index (Phi) is 6.40. The van der Waals surface area contributed by atoms with Crippen molar-refractivity contribution in [3.05, 3.63) is 17.5 Å². The smallest absolute Gasteiger partial charge is 0.147 e. The lowest BCUT2D eigenvalue weighted by molar-refractivity contribution is -0.110. The lowest BCUT2D eigenvalue weighted by atomic mass is 9.95. The van der Waals surface area contributed by atoms with Crippen molar-refractivity contribution in [2.75, 3.05) is 13.6 Å². The number of aryl methyl sites for hydroxylation is 1. The Morgan fingerprint density at radius 1 is 1.60 bits per heavy atom. The molecule has 0 amide bonds. The summed E-state index contributed by atoms with van der Waals surface area (Å²) in [5.74, 6) is 0.763. The van der Waals surface area contributed by atoms with Crippen LogP contribution in [-0.2, 0) is 4.79 Å². The van der Waals surface area contributed by atoms with Gasteiger partial charge >= 0.3 is 0 Å². The Bertz CT molecular complexity index is 462. The number of carbonyl (C=O) groups is 1. The van der Waals surface area contributed by atoms with Crippen LogP contribution in [0.3, 0.4) is 0 Å². The van der Waals surface area contributed by atoms with E-state index in [2.05, 4.69) is 16.1 Å². The molecule has 0 aromatic carbocycles. The molecular weight excluding hydrogens is 254 g/mol. The van der Waals surface area contributed by atoms with Crippen molar-refractivity contribution in [1.82, 2.24) is 10.1 Å². The van der Waals surface area contributed by atoms with E-state index in [4.69, 9.17) is 9.78 Å². The lowest BCUT2D eigenvalue weighted by Crippen LogP contribution is -2.22. The van der Waals surface area contributed by atoms with Crippen molar-refractivity contribution in [3.63, 3.8) is 0 Å². The molecule has 1 aliphatic heterocycles. The number of aromatic nitrogens is 1. The molecular formula is C15H23N3O2. The number of nitriles is 1. The van der Waals surface area contributed by atoms with Crippen molar-refractivity contribution in [2.24, 2.45) is 5.92 Å². The average molecular weight is 277 g/mol. The standard InChI is InChI=1S/C9H13NO2.C6H10N2/c1-6(2)8(5-11)9-4-7(3)10-12-9;1-8-4-2-3-6(8)5-7/h4-6,8H,1-3H3;6H,2-4H2,1H3. The second kappa shape index (κ2) is 7.81. The zero-order chi connectivity index (χ0) is 15.1. The first-order chi connectivity index (χ1) is 9.49. The van der Waals surface area contributed by atoms with E-state index in [1.807, 2.05) is 27.8 Å². The highest BCUT2D eigenvalue weighted by Crippen LogP contribution is 2.22. The molecule has 1 fully saturated rings. The first kappa shape index (κ1) is 16.4. The predicted octanol–water partition coefficient (Wildman–Crippen LogP) is 2.53. The molecule has 0 radical (unpaired) electrons. The van der Waals surface area contributed by atoms with Crippen LogP contribution in [0, 0.1) is 24.2 Å². The highest BCUT2D eigenvalue weighted by atomic mass is 16.5. The Labute approximate surface area is 120 Å². The Morgan fingerprint density at radius 3 is 2.60 bits per heavy atom. The Morgan fingerprint density at radius 2 is 2.30 bits per heavy atom. The summed E-state index contributed by atoms with van der Waals surface area (Å²) in [4.78, 5) is 12.8. The number of rotatable bonds is 3. The molecule has 2 rings (SSSR count). The molecule has 0 saturated carbocycles. The van der Waals surface area contributed by atoms with Gasteiger partial charge in [-0.25, -0.2) is 0 Å². The van der Waals surface area contributed by atoms with E-state index in [1.54, 1.807) is 6.07 Å². The fourth-order valence-corrected chi connectivity index (χ4v) is 2.17. The van der Waals surface area contributed by atoms with Crippen LogP contribution in [0.15, 0.2) is 10.6 Å². The largest absolute Gasteiger partial charge is 0.360 e. The molecule has 5 nitrogen and oxygen atoms in total. The third-order valence-electron chi connectivity index (χ3n) is 3.51. The van der Waals surface area contributed by atoms with E-state index >= 15 is 0 Å². The molecule has 0 aliphatic carbocycles. The molecule has 20 heavy (non-hydrogen) atoms. The van der Waals surface area contributed by atoms with Gasteiger partial charge in [0.05, 0.1) is 23.7 Å². The molecule has 0 spiro atoms. The first-order valence-corrected chi connectivity index (χ1v) is 6.98. The van der Waals surface area contributed by atoms with Crippen LogP contribution in [-0.4, -0.2) is 36.0 Å². The maximum absolute atomic E-state index is 10.7. The van der Waals surface area contributed by atoms with E-state index in [1.165, 1.54) is 6.42 Å². The third-order valence-corrected chi connectivity index (χ3v) is 3.51. The zero-order valence-electron chi connectivity index (χ0n) is 12.7. The van der Waals surface area contributed by atoms with Gasteiger partial charge < -0.3 is 9.32 Å². The van der Waals surface area contributed by atoms with Crippen molar-refractivity contribution in [3.8, 4) is 6.07 Å². The summed E-state index contributed by atoms with van der Waals surface area (Å²) >= 11 is 0. The van der Waals surface area contributed by atoms with Gasteiger partial charge in [0.2, 0.25) is 0 Å². The van der Waals surface area contributed by atoms with Gasteiger partial charge in [0.25, 0.3) is 0 Å². The zero-order valence-corrected chi connectivity index (χ0v) is 12.7. The van der Waals surface area contributed by atoms with E-state index in [0.29, 0.717) is 5.76 Å². The molecule has 2 unspecified atom stereocenters. The normalized spacial score (nSPS) is 20.1. The minimum atomic E-state index is -0.161. The Hall–Kier alpha value is -1.67. The first-order valence-electron chi connectivity index (χ1n) is 6.98. The molecule has 1 aromatic rings. The number of likely N-dealkylation sites (tertiary alicyclic amines) is 1. The topological polar surface area (TPSA) is 70.1 Å². The van der Waals surface area contributed by atoms with Crippen LogP contribution >= 0.6 is 0 Å². The van der Waals surface area contributed by atoms with Crippen molar-refractivity contribution < 1.29 is 9.32 Å².